The molecule has 1 amide bonds. The number of hydrogen-bond donors (Lipinski definition) is 1. The van der Waals surface area contributed by atoms with Crippen molar-refractivity contribution in [3.05, 3.63) is 0 Å². The maximum atomic E-state index is 12.1. The second-order valence-corrected chi connectivity index (χ2v) is 6.02. The molecule has 1 aliphatic heterocycles. The molecule has 1 saturated heterocycles. The Hall–Kier alpha value is -1.06. The number of carbonyl (C=O) groups excluding carboxylic acids is 1. The largest absolute Gasteiger partial charge is 0.411 e. The lowest BCUT2D eigenvalue weighted by Crippen LogP contribution is -2.40. The van der Waals surface area contributed by atoms with Gasteiger partial charge in [0.15, 0.2) is 0 Å². The van der Waals surface area contributed by atoms with Gasteiger partial charge in [-0.2, -0.15) is 0 Å². The van der Waals surface area contributed by atoms with Crippen LogP contribution in [0.2, 0.25) is 0 Å². The van der Waals surface area contributed by atoms with Gasteiger partial charge in [-0.15, -0.1) is 0 Å². The minimum Gasteiger partial charge on any atom is -0.411 e. The summed E-state index contributed by atoms with van der Waals surface area (Å²) in [5.41, 5.74) is 0.973. The minimum atomic E-state index is 0.170. The van der Waals surface area contributed by atoms with Crippen LogP contribution in [-0.4, -0.2) is 34.8 Å². The van der Waals surface area contributed by atoms with Crippen LogP contribution >= 0.6 is 0 Å². The number of carbonyl (C=O) groups is 1. The van der Waals surface area contributed by atoms with E-state index < -0.39 is 0 Å². The van der Waals surface area contributed by atoms with E-state index in [-0.39, 0.29) is 11.3 Å². The zero-order valence-corrected chi connectivity index (χ0v) is 11.4. The average Bonchev–Trinajstić information content (AvgIpc) is 2.27. The predicted octanol–water partition coefficient (Wildman–Crippen LogP) is 2.51. The summed E-state index contributed by atoms with van der Waals surface area (Å²) in [6.07, 6.45) is 2.01. The van der Waals surface area contributed by atoms with E-state index in [9.17, 15) is 4.79 Å². The van der Waals surface area contributed by atoms with Gasteiger partial charge in [0.1, 0.15) is 0 Å². The average molecular weight is 240 g/mol. The van der Waals surface area contributed by atoms with Crippen molar-refractivity contribution in [2.24, 2.45) is 16.5 Å². The van der Waals surface area contributed by atoms with E-state index >= 15 is 0 Å². The lowest BCUT2D eigenvalue weighted by atomic mass is 9.80. The lowest BCUT2D eigenvalue weighted by Gasteiger charge is -2.31. The molecule has 0 aromatic rings. The van der Waals surface area contributed by atoms with Crippen LogP contribution in [0.4, 0.5) is 0 Å². The van der Waals surface area contributed by atoms with Gasteiger partial charge in [0, 0.05) is 32.4 Å². The van der Waals surface area contributed by atoms with Gasteiger partial charge in [-0.3, -0.25) is 4.79 Å². The molecular formula is C13H24N2O2. The van der Waals surface area contributed by atoms with Crippen LogP contribution in [0.3, 0.4) is 0 Å². The minimum absolute atomic E-state index is 0.170. The van der Waals surface area contributed by atoms with Crippen LogP contribution in [-0.2, 0) is 4.79 Å². The third kappa shape index (κ3) is 4.02. The second kappa shape index (κ2) is 5.52. The van der Waals surface area contributed by atoms with E-state index in [2.05, 4.69) is 32.9 Å². The maximum Gasteiger partial charge on any atom is 0.222 e. The Morgan fingerprint density at radius 2 is 1.94 bits per heavy atom. The van der Waals surface area contributed by atoms with Crippen LogP contribution in [0.1, 0.15) is 47.0 Å². The van der Waals surface area contributed by atoms with Gasteiger partial charge in [0.2, 0.25) is 5.91 Å². The molecule has 0 spiro atoms. The molecule has 1 unspecified atom stereocenters. The summed E-state index contributed by atoms with van der Waals surface area (Å²) in [7, 11) is 0. The fourth-order valence-electron chi connectivity index (χ4n) is 1.81. The van der Waals surface area contributed by atoms with Crippen LogP contribution in [0.25, 0.3) is 0 Å². The van der Waals surface area contributed by atoms with E-state index in [1.165, 1.54) is 0 Å². The van der Waals surface area contributed by atoms with Crippen molar-refractivity contribution < 1.29 is 10.0 Å². The van der Waals surface area contributed by atoms with Crippen LogP contribution in [0.5, 0.6) is 0 Å². The van der Waals surface area contributed by atoms with Crippen molar-refractivity contribution >= 4 is 11.6 Å². The summed E-state index contributed by atoms with van der Waals surface area (Å²) < 4.78 is 0. The Bertz CT molecular complexity index is 295. The number of oxime groups is 1. The standard InChI is InChI=1S/C13H24N2O2/c1-10(13(2,3)4)9-12(16)15-7-5-11(14-17)6-8-15/h10,17H,5-9H2,1-4H3. The highest BCUT2D eigenvalue weighted by Gasteiger charge is 2.26. The van der Waals surface area contributed by atoms with Crippen molar-refractivity contribution in [2.75, 3.05) is 13.1 Å². The normalized spacial score (nSPS) is 19.1. The number of piperidine rings is 1. The molecular weight excluding hydrogens is 216 g/mol. The van der Waals surface area contributed by atoms with Crippen LogP contribution in [0.15, 0.2) is 5.16 Å². The molecule has 98 valence electrons. The Labute approximate surface area is 104 Å². The Morgan fingerprint density at radius 1 is 1.41 bits per heavy atom. The summed E-state index contributed by atoms with van der Waals surface area (Å²) in [6.45, 7) is 10.00. The molecule has 1 atom stereocenters. The van der Waals surface area contributed by atoms with Crippen LogP contribution < -0.4 is 0 Å². The van der Waals surface area contributed by atoms with E-state index in [4.69, 9.17) is 5.21 Å². The summed E-state index contributed by atoms with van der Waals surface area (Å²) in [5.74, 6) is 0.604. The number of nitrogens with zero attached hydrogens (tertiary/aromatic N) is 2. The Balaban J connectivity index is 2.45. The third-order valence-corrected chi connectivity index (χ3v) is 3.79. The quantitative estimate of drug-likeness (QED) is 0.595. The molecule has 0 aliphatic carbocycles. The summed E-state index contributed by atoms with van der Waals surface area (Å²) in [6, 6.07) is 0. The van der Waals surface area contributed by atoms with Crippen molar-refractivity contribution in [1.82, 2.24) is 4.90 Å². The topological polar surface area (TPSA) is 52.9 Å². The zero-order chi connectivity index (χ0) is 13.1. The molecule has 0 saturated carbocycles. The van der Waals surface area contributed by atoms with Gasteiger partial charge in [-0.1, -0.05) is 32.9 Å². The van der Waals surface area contributed by atoms with E-state index in [0.717, 1.165) is 5.71 Å². The number of amides is 1. The Morgan fingerprint density at radius 3 is 2.35 bits per heavy atom. The van der Waals surface area contributed by atoms with Gasteiger partial charge in [-0.25, -0.2) is 0 Å². The van der Waals surface area contributed by atoms with Crippen LogP contribution in [0, 0.1) is 11.3 Å². The summed E-state index contributed by atoms with van der Waals surface area (Å²) in [4.78, 5) is 14.0. The second-order valence-electron chi connectivity index (χ2n) is 6.02. The molecule has 0 aromatic heterocycles. The molecule has 1 fully saturated rings. The first-order valence-electron chi connectivity index (χ1n) is 6.32. The molecule has 0 radical (unpaired) electrons. The summed E-state index contributed by atoms with van der Waals surface area (Å²) in [5, 5.41) is 11.9. The zero-order valence-electron chi connectivity index (χ0n) is 11.4. The van der Waals surface area contributed by atoms with E-state index in [0.29, 0.717) is 38.3 Å². The van der Waals surface area contributed by atoms with Crippen molar-refractivity contribution in [1.29, 1.82) is 0 Å². The predicted molar refractivity (Wildman–Crippen MR) is 68.3 cm³/mol. The smallest absolute Gasteiger partial charge is 0.222 e. The fourth-order valence-corrected chi connectivity index (χ4v) is 1.81. The van der Waals surface area contributed by atoms with Crippen molar-refractivity contribution in [3.63, 3.8) is 0 Å². The van der Waals surface area contributed by atoms with E-state index in [1.54, 1.807) is 0 Å². The maximum absolute atomic E-state index is 12.1. The van der Waals surface area contributed by atoms with Gasteiger partial charge >= 0.3 is 0 Å². The Kier molecular flexibility index (Phi) is 4.54. The molecule has 1 N–H and O–H groups in total. The fraction of sp³-hybridized carbons (Fsp3) is 0.846. The highest BCUT2D eigenvalue weighted by molar-refractivity contribution is 5.87. The molecule has 4 nitrogen and oxygen atoms in total. The van der Waals surface area contributed by atoms with E-state index in [1.807, 2.05) is 4.90 Å². The molecule has 1 aliphatic rings. The number of rotatable bonds is 2. The molecule has 4 heteroatoms. The molecule has 0 aromatic carbocycles. The molecule has 1 heterocycles. The third-order valence-electron chi connectivity index (χ3n) is 3.79. The monoisotopic (exact) mass is 240 g/mol. The summed E-state index contributed by atoms with van der Waals surface area (Å²) >= 11 is 0. The molecule has 17 heavy (non-hydrogen) atoms. The lowest BCUT2D eigenvalue weighted by molar-refractivity contribution is -0.133. The van der Waals surface area contributed by atoms with Gasteiger partial charge < -0.3 is 10.1 Å². The van der Waals surface area contributed by atoms with Gasteiger partial charge in [0.25, 0.3) is 0 Å². The van der Waals surface area contributed by atoms with Gasteiger partial charge in [-0.05, 0) is 11.3 Å². The first kappa shape index (κ1) is 14.0. The van der Waals surface area contributed by atoms with Crippen molar-refractivity contribution in [3.8, 4) is 0 Å². The highest BCUT2D eigenvalue weighted by Crippen LogP contribution is 2.28. The van der Waals surface area contributed by atoms with Gasteiger partial charge in [0.05, 0.1) is 5.71 Å². The first-order chi connectivity index (χ1) is 7.84. The molecule has 0 bridgehead atoms. The molecule has 1 rings (SSSR count). The first-order valence-corrected chi connectivity index (χ1v) is 6.32. The highest BCUT2D eigenvalue weighted by atomic mass is 16.4. The SMILES string of the molecule is CC(CC(=O)N1CCC(=NO)CC1)C(C)(C)C. The number of likely N-dealkylation sites (tertiary alicyclic amines) is 1. The van der Waals surface area contributed by atoms with Crippen molar-refractivity contribution in [2.45, 2.75) is 47.0 Å². The number of hydrogen-bond acceptors (Lipinski definition) is 3.